The van der Waals surface area contributed by atoms with Crippen molar-refractivity contribution in [3.05, 3.63) is 45.6 Å². The number of aryl methyl sites for hydroxylation is 2. The molecule has 1 aliphatic heterocycles. The fourth-order valence-corrected chi connectivity index (χ4v) is 3.85. The predicted octanol–water partition coefficient (Wildman–Crippen LogP) is 3.20. The molecule has 0 spiro atoms. The summed E-state index contributed by atoms with van der Waals surface area (Å²) in [6, 6.07) is 9.17. The number of amides is 1. The van der Waals surface area contributed by atoms with Crippen molar-refractivity contribution in [2.45, 2.75) is 26.4 Å². The third-order valence-electron chi connectivity index (χ3n) is 4.10. The highest BCUT2D eigenvalue weighted by atomic mass is 32.1. The molecular weight excluding hydrogens is 326 g/mol. The van der Waals surface area contributed by atoms with Crippen LogP contribution in [0.4, 0.5) is 5.69 Å². The molecule has 0 N–H and O–H groups in total. The van der Waals surface area contributed by atoms with E-state index in [0.29, 0.717) is 16.3 Å². The van der Waals surface area contributed by atoms with Crippen LogP contribution in [-0.4, -0.2) is 31.6 Å². The van der Waals surface area contributed by atoms with E-state index in [1.807, 2.05) is 31.2 Å². The van der Waals surface area contributed by atoms with Gasteiger partial charge in [-0.25, -0.2) is 4.79 Å². The van der Waals surface area contributed by atoms with E-state index in [0.717, 1.165) is 11.3 Å². The van der Waals surface area contributed by atoms with Gasteiger partial charge in [0.1, 0.15) is 5.75 Å². The number of carbonyl (C=O) groups excluding carboxylic acids is 2. The molecule has 0 fully saturated rings. The van der Waals surface area contributed by atoms with E-state index in [2.05, 4.69) is 6.92 Å². The zero-order chi connectivity index (χ0) is 17.3. The van der Waals surface area contributed by atoms with Crippen molar-refractivity contribution in [3.8, 4) is 5.75 Å². The molecule has 1 amide bonds. The molecule has 0 saturated carbocycles. The number of thiophene rings is 1. The number of methoxy groups -OCH3 is 1. The second-order valence-electron chi connectivity index (χ2n) is 5.56. The largest absolute Gasteiger partial charge is 0.475 e. The monoisotopic (exact) mass is 345 g/mol. The van der Waals surface area contributed by atoms with Gasteiger partial charge in [0.15, 0.2) is 0 Å². The molecule has 2 heterocycles. The number of esters is 1. The lowest BCUT2D eigenvalue weighted by molar-refractivity contribution is -0.148. The zero-order valence-corrected chi connectivity index (χ0v) is 14.7. The van der Waals surface area contributed by atoms with Crippen molar-refractivity contribution < 1.29 is 19.1 Å². The number of rotatable bonds is 3. The van der Waals surface area contributed by atoms with Crippen LogP contribution in [0.25, 0.3) is 0 Å². The molecule has 24 heavy (non-hydrogen) atoms. The number of anilines is 1. The number of para-hydroxylation sites is 2. The van der Waals surface area contributed by atoms with Crippen molar-refractivity contribution in [1.82, 2.24) is 0 Å². The molecule has 0 aliphatic carbocycles. The summed E-state index contributed by atoms with van der Waals surface area (Å²) in [4.78, 5) is 28.4. The summed E-state index contributed by atoms with van der Waals surface area (Å²) < 4.78 is 10.5. The maximum Gasteiger partial charge on any atom is 0.348 e. The molecule has 0 radical (unpaired) electrons. The van der Waals surface area contributed by atoms with Crippen LogP contribution in [0.3, 0.4) is 0 Å². The van der Waals surface area contributed by atoms with Gasteiger partial charge in [-0.3, -0.25) is 9.69 Å². The van der Waals surface area contributed by atoms with Gasteiger partial charge in [-0.05, 0) is 37.1 Å². The van der Waals surface area contributed by atoms with Gasteiger partial charge in [0.2, 0.25) is 6.10 Å². The summed E-state index contributed by atoms with van der Waals surface area (Å²) in [6.45, 7) is 4.23. The first kappa shape index (κ1) is 16.5. The molecule has 1 aromatic carbocycles. The number of fused-ring (bicyclic) bond motifs is 1. The molecule has 1 atom stereocenters. The van der Waals surface area contributed by atoms with E-state index in [-0.39, 0.29) is 12.5 Å². The van der Waals surface area contributed by atoms with Crippen LogP contribution in [0.5, 0.6) is 5.75 Å². The standard InChI is InChI=1S/C18H19NO4S/c1-4-12-9-16(24-11(12)2)17(20)19-10-15(18(21)22-3)23-14-8-6-5-7-13(14)19/h5-9,15H,4,10H2,1-3H3/t15-/m0/s1. The quantitative estimate of drug-likeness (QED) is 0.802. The van der Waals surface area contributed by atoms with Crippen LogP contribution in [0.2, 0.25) is 0 Å². The van der Waals surface area contributed by atoms with E-state index in [1.54, 1.807) is 11.0 Å². The van der Waals surface area contributed by atoms with E-state index in [1.165, 1.54) is 24.0 Å². The Labute approximate surface area is 144 Å². The van der Waals surface area contributed by atoms with Crippen LogP contribution in [0.1, 0.15) is 27.0 Å². The highest BCUT2D eigenvalue weighted by Gasteiger charge is 2.35. The van der Waals surface area contributed by atoms with Crippen LogP contribution in [0.15, 0.2) is 30.3 Å². The Hall–Kier alpha value is -2.34. The Bertz CT molecular complexity index is 783. The van der Waals surface area contributed by atoms with E-state index >= 15 is 0 Å². The summed E-state index contributed by atoms with van der Waals surface area (Å²) in [7, 11) is 1.31. The summed E-state index contributed by atoms with van der Waals surface area (Å²) in [5.41, 5.74) is 1.85. The van der Waals surface area contributed by atoms with Gasteiger partial charge in [0.25, 0.3) is 5.91 Å². The second kappa shape index (κ2) is 6.65. The third kappa shape index (κ3) is 2.89. The van der Waals surface area contributed by atoms with Gasteiger partial charge in [-0.1, -0.05) is 19.1 Å². The Morgan fingerprint density at radius 1 is 1.38 bits per heavy atom. The smallest absolute Gasteiger partial charge is 0.348 e. The summed E-state index contributed by atoms with van der Waals surface area (Å²) in [5, 5.41) is 0. The minimum Gasteiger partial charge on any atom is -0.475 e. The Morgan fingerprint density at radius 3 is 2.79 bits per heavy atom. The molecule has 3 rings (SSSR count). The molecule has 6 heteroatoms. The number of hydrogen-bond donors (Lipinski definition) is 0. The number of carbonyl (C=O) groups is 2. The molecule has 5 nitrogen and oxygen atoms in total. The highest BCUT2D eigenvalue weighted by molar-refractivity contribution is 7.14. The molecule has 1 aromatic heterocycles. The minimum atomic E-state index is -0.819. The molecule has 2 aromatic rings. The normalized spacial score (nSPS) is 16.3. The van der Waals surface area contributed by atoms with Crippen molar-refractivity contribution in [1.29, 1.82) is 0 Å². The van der Waals surface area contributed by atoms with Gasteiger partial charge in [0.05, 0.1) is 24.2 Å². The van der Waals surface area contributed by atoms with Gasteiger partial charge in [-0.15, -0.1) is 11.3 Å². The van der Waals surface area contributed by atoms with Crippen molar-refractivity contribution in [2.75, 3.05) is 18.6 Å². The summed E-state index contributed by atoms with van der Waals surface area (Å²) in [5.74, 6) is -0.0946. The number of ether oxygens (including phenoxy) is 2. The highest BCUT2D eigenvalue weighted by Crippen LogP contribution is 2.35. The lowest BCUT2D eigenvalue weighted by Crippen LogP contribution is -2.47. The Kier molecular flexibility index (Phi) is 4.57. The van der Waals surface area contributed by atoms with Gasteiger partial charge in [0, 0.05) is 4.88 Å². The molecule has 0 unspecified atom stereocenters. The lowest BCUT2D eigenvalue weighted by atomic mass is 10.1. The first-order valence-corrected chi connectivity index (χ1v) is 8.61. The number of benzene rings is 1. The lowest BCUT2D eigenvalue weighted by Gasteiger charge is -2.33. The Balaban J connectivity index is 1.98. The van der Waals surface area contributed by atoms with Crippen LogP contribution >= 0.6 is 11.3 Å². The minimum absolute atomic E-state index is 0.118. The van der Waals surface area contributed by atoms with Crippen molar-refractivity contribution in [2.24, 2.45) is 0 Å². The summed E-state index contributed by atoms with van der Waals surface area (Å²) in [6.07, 6.45) is 0.0701. The van der Waals surface area contributed by atoms with E-state index in [9.17, 15) is 9.59 Å². The van der Waals surface area contributed by atoms with Crippen LogP contribution < -0.4 is 9.64 Å². The van der Waals surface area contributed by atoms with E-state index in [4.69, 9.17) is 9.47 Å². The predicted molar refractivity (Wildman–Crippen MR) is 93.0 cm³/mol. The maximum atomic E-state index is 13.0. The van der Waals surface area contributed by atoms with Crippen molar-refractivity contribution in [3.63, 3.8) is 0 Å². The van der Waals surface area contributed by atoms with Crippen LogP contribution in [-0.2, 0) is 16.0 Å². The molecule has 1 aliphatic rings. The van der Waals surface area contributed by atoms with Gasteiger partial charge in [-0.2, -0.15) is 0 Å². The van der Waals surface area contributed by atoms with Crippen LogP contribution in [0, 0.1) is 6.92 Å². The second-order valence-corrected chi connectivity index (χ2v) is 6.82. The first-order chi connectivity index (χ1) is 11.5. The first-order valence-electron chi connectivity index (χ1n) is 7.79. The summed E-state index contributed by atoms with van der Waals surface area (Å²) >= 11 is 1.48. The molecular formula is C18H19NO4S. The zero-order valence-electron chi connectivity index (χ0n) is 13.9. The van der Waals surface area contributed by atoms with Gasteiger partial charge < -0.3 is 9.47 Å². The maximum absolute atomic E-state index is 13.0. The third-order valence-corrected chi connectivity index (χ3v) is 5.18. The molecule has 0 bridgehead atoms. The topological polar surface area (TPSA) is 55.8 Å². The van der Waals surface area contributed by atoms with Gasteiger partial charge >= 0.3 is 5.97 Å². The molecule has 0 saturated heterocycles. The molecule has 126 valence electrons. The number of hydrogen-bond acceptors (Lipinski definition) is 5. The SMILES string of the molecule is CCc1cc(C(=O)N2C[C@@H](C(=O)OC)Oc3ccccc32)sc1C. The van der Waals surface area contributed by atoms with E-state index < -0.39 is 12.1 Å². The average Bonchev–Trinajstić information content (AvgIpc) is 3.00. The number of nitrogens with zero attached hydrogens (tertiary/aromatic N) is 1. The fourth-order valence-electron chi connectivity index (χ4n) is 2.79. The average molecular weight is 345 g/mol. The fraction of sp³-hybridized carbons (Fsp3) is 0.333. The Morgan fingerprint density at radius 2 is 2.12 bits per heavy atom. The van der Waals surface area contributed by atoms with Crippen molar-refractivity contribution >= 4 is 28.9 Å².